The van der Waals surface area contributed by atoms with Crippen molar-refractivity contribution in [1.29, 1.82) is 0 Å². The van der Waals surface area contributed by atoms with Crippen molar-refractivity contribution in [3.8, 4) is 5.75 Å². The maximum Gasteiger partial charge on any atom is 0.119 e. The number of rotatable bonds is 7. The fourth-order valence-electron chi connectivity index (χ4n) is 2.00. The molecule has 108 valence electrons. The van der Waals surface area contributed by atoms with Crippen molar-refractivity contribution in [2.24, 2.45) is 0 Å². The van der Waals surface area contributed by atoms with E-state index in [1.54, 1.807) is 11.3 Å². The van der Waals surface area contributed by atoms with Crippen LogP contribution in [0.25, 0.3) is 0 Å². The van der Waals surface area contributed by atoms with E-state index < -0.39 is 0 Å². The van der Waals surface area contributed by atoms with Gasteiger partial charge in [0, 0.05) is 30.6 Å². The number of benzene rings is 1. The topological polar surface area (TPSA) is 34.1 Å². The lowest BCUT2D eigenvalue weighted by Crippen LogP contribution is -2.21. The molecule has 0 fully saturated rings. The van der Waals surface area contributed by atoms with Crippen LogP contribution in [0.1, 0.15) is 37.4 Å². The summed E-state index contributed by atoms with van der Waals surface area (Å²) >= 11 is 1.71. The van der Waals surface area contributed by atoms with Crippen LogP contribution in [-0.2, 0) is 6.42 Å². The van der Waals surface area contributed by atoms with Crippen molar-refractivity contribution in [1.82, 2.24) is 10.3 Å². The summed E-state index contributed by atoms with van der Waals surface area (Å²) in [5, 5.41) is 6.73. The molecule has 1 heterocycles. The third-order valence-electron chi connectivity index (χ3n) is 3.02. The molecule has 0 bridgehead atoms. The van der Waals surface area contributed by atoms with Gasteiger partial charge in [-0.15, -0.1) is 11.3 Å². The van der Waals surface area contributed by atoms with Crippen LogP contribution < -0.4 is 10.1 Å². The van der Waals surface area contributed by atoms with Gasteiger partial charge in [0.25, 0.3) is 0 Å². The Labute approximate surface area is 125 Å². The minimum Gasteiger partial charge on any atom is -0.491 e. The van der Waals surface area contributed by atoms with Gasteiger partial charge in [0.2, 0.25) is 0 Å². The Morgan fingerprint density at radius 1 is 1.20 bits per heavy atom. The van der Waals surface area contributed by atoms with E-state index in [-0.39, 0.29) is 6.10 Å². The number of nitrogens with one attached hydrogen (secondary N) is 1. The predicted octanol–water partition coefficient (Wildman–Crippen LogP) is 3.82. The fourth-order valence-corrected chi connectivity index (χ4v) is 2.62. The lowest BCUT2D eigenvalue weighted by Gasteiger charge is -2.15. The van der Waals surface area contributed by atoms with Gasteiger partial charge in [0.05, 0.1) is 11.1 Å². The van der Waals surface area contributed by atoms with Gasteiger partial charge in [0.1, 0.15) is 5.75 Å². The zero-order chi connectivity index (χ0) is 14.4. The minimum atomic E-state index is 0.217. The van der Waals surface area contributed by atoms with Crippen LogP contribution in [0.3, 0.4) is 0 Å². The first-order chi connectivity index (χ1) is 9.65. The summed E-state index contributed by atoms with van der Waals surface area (Å²) in [7, 11) is 0. The van der Waals surface area contributed by atoms with Crippen LogP contribution in [-0.4, -0.2) is 17.6 Å². The summed E-state index contributed by atoms with van der Waals surface area (Å²) in [4.78, 5) is 4.29. The molecule has 1 aromatic carbocycles. The van der Waals surface area contributed by atoms with Crippen LogP contribution >= 0.6 is 11.3 Å². The average Bonchev–Trinajstić information content (AvgIpc) is 2.92. The molecule has 0 saturated heterocycles. The molecule has 1 atom stereocenters. The van der Waals surface area contributed by atoms with Crippen molar-refractivity contribution in [3.05, 3.63) is 46.4 Å². The zero-order valence-corrected chi connectivity index (χ0v) is 13.1. The Hall–Kier alpha value is -1.39. The molecule has 1 aromatic heterocycles. The molecule has 4 heteroatoms. The molecule has 2 rings (SSSR count). The first kappa shape index (κ1) is 15.0. The van der Waals surface area contributed by atoms with Gasteiger partial charge in [-0.2, -0.15) is 0 Å². The second-order valence-electron chi connectivity index (χ2n) is 5.09. The summed E-state index contributed by atoms with van der Waals surface area (Å²) in [5.41, 5.74) is 1.28. The number of hydrogen-bond acceptors (Lipinski definition) is 4. The average molecular weight is 290 g/mol. The molecule has 0 saturated carbocycles. The largest absolute Gasteiger partial charge is 0.491 e. The molecule has 0 spiro atoms. The predicted molar refractivity (Wildman–Crippen MR) is 84.4 cm³/mol. The van der Waals surface area contributed by atoms with E-state index in [9.17, 15) is 0 Å². The Morgan fingerprint density at radius 2 is 1.95 bits per heavy atom. The van der Waals surface area contributed by atoms with Crippen LogP contribution in [0, 0.1) is 0 Å². The van der Waals surface area contributed by atoms with Gasteiger partial charge in [-0.3, -0.25) is 0 Å². The first-order valence-corrected chi connectivity index (χ1v) is 7.91. The third kappa shape index (κ3) is 4.62. The van der Waals surface area contributed by atoms with Crippen LogP contribution in [0.5, 0.6) is 5.75 Å². The van der Waals surface area contributed by atoms with E-state index in [0.717, 1.165) is 18.7 Å². The van der Waals surface area contributed by atoms with Crippen molar-refractivity contribution in [2.75, 3.05) is 6.54 Å². The van der Waals surface area contributed by atoms with E-state index in [1.165, 1.54) is 10.6 Å². The highest BCUT2D eigenvalue weighted by Crippen LogP contribution is 2.18. The van der Waals surface area contributed by atoms with E-state index >= 15 is 0 Å². The highest BCUT2D eigenvalue weighted by molar-refractivity contribution is 7.09. The monoisotopic (exact) mass is 290 g/mol. The van der Waals surface area contributed by atoms with E-state index in [2.05, 4.69) is 29.4 Å². The summed E-state index contributed by atoms with van der Waals surface area (Å²) in [5.74, 6) is 0.929. The van der Waals surface area contributed by atoms with E-state index in [0.29, 0.717) is 6.04 Å². The number of hydrogen-bond donors (Lipinski definition) is 1. The molecule has 1 N–H and O–H groups in total. The van der Waals surface area contributed by atoms with Crippen molar-refractivity contribution in [3.63, 3.8) is 0 Å². The lowest BCUT2D eigenvalue weighted by molar-refractivity contribution is 0.242. The SMILES string of the molecule is CC(C)Oc1ccc(C(C)NCCc2nccs2)cc1. The van der Waals surface area contributed by atoms with Crippen LogP contribution in [0.4, 0.5) is 0 Å². The number of nitrogens with zero attached hydrogens (tertiary/aromatic N) is 1. The number of aromatic nitrogens is 1. The summed E-state index contributed by atoms with van der Waals surface area (Å²) in [6, 6.07) is 8.66. The van der Waals surface area contributed by atoms with Gasteiger partial charge in [-0.05, 0) is 38.5 Å². The van der Waals surface area contributed by atoms with Gasteiger partial charge in [-0.25, -0.2) is 4.98 Å². The molecule has 1 unspecified atom stereocenters. The highest BCUT2D eigenvalue weighted by atomic mass is 32.1. The normalized spacial score (nSPS) is 12.6. The number of thiazole rings is 1. The molecule has 0 aliphatic rings. The van der Waals surface area contributed by atoms with Gasteiger partial charge >= 0.3 is 0 Å². The Balaban J connectivity index is 1.81. The molecule has 0 aliphatic carbocycles. The summed E-state index contributed by atoms with van der Waals surface area (Å²) in [6.07, 6.45) is 3.06. The Bertz CT molecular complexity index is 494. The zero-order valence-electron chi connectivity index (χ0n) is 12.3. The van der Waals surface area contributed by atoms with Crippen LogP contribution in [0.2, 0.25) is 0 Å². The molecule has 2 aromatic rings. The van der Waals surface area contributed by atoms with Gasteiger partial charge in [0.15, 0.2) is 0 Å². The molecule has 3 nitrogen and oxygen atoms in total. The van der Waals surface area contributed by atoms with Crippen molar-refractivity contribution >= 4 is 11.3 Å². The maximum atomic E-state index is 5.65. The van der Waals surface area contributed by atoms with Gasteiger partial charge < -0.3 is 10.1 Å². The fraction of sp³-hybridized carbons (Fsp3) is 0.438. The minimum absolute atomic E-state index is 0.217. The molecule has 0 radical (unpaired) electrons. The highest BCUT2D eigenvalue weighted by Gasteiger charge is 2.06. The molecule has 0 aliphatic heterocycles. The van der Waals surface area contributed by atoms with E-state index in [4.69, 9.17) is 4.74 Å². The van der Waals surface area contributed by atoms with Gasteiger partial charge in [-0.1, -0.05) is 12.1 Å². The quantitative estimate of drug-likeness (QED) is 0.841. The second-order valence-corrected chi connectivity index (χ2v) is 6.07. The Kier molecular flexibility index (Phi) is 5.56. The second kappa shape index (κ2) is 7.41. The van der Waals surface area contributed by atoms with Crippen LogP contribution in [0.15, 0.2) is 35.8 Å². The Morgan fingerprint density at radius 3 is 2.55 bits per heavy atom. The molecule has 0 amide bonds. The van der Waals surface area contributed by atoms with Crippen molar-refractivity contribution in [2.45, 2.75) is 39.3 Å². The molecular weight excluding hydrogens is 268 g/mol. The first-order valence-electron chi connectivity index (χ1n) is 7.03. The van der Waals surface area contributed by atoms with E-state index in [1.807, 2.05) is 37.6 Å². The lowest BCUT2D eigenvalue weighted by atomic mass is 10.1. The standard InChI is InChI=1S/C16H22N2OS/c1-12(2)19-15-6-4-14(5-7-15)13(3)17-9-8-16-18-10-11-20-16/h4-7,10-13,17H,8-9H2,1-3H3. The maximum absolute atomic E-state index is 5.65. The molecule has 20 heavy (non-hydrogen) atoms. The summed E-state index contributed by atoms with van der Waals surface area (Å²) in [6.45, 7) is 7.20. The van der Waals surface area contributed by atoms with Crippen molar-refractivity contribution < 1.29 is 4.74 Å². The number of ether oxygens (including phenoxy) is 1. The summed E-state index contributed by atoms with van der Waals surface area (Å²) < 4.78 is 5.65. The molecular formula is C16H22N2OS. The smallest absolute Gasteiger partial charge is 0.119 e. The third-order valence-corrected chi connectivity index (χ3v) is 3.86.